The van der Waals surface area contributed by atoms with Crippen molar-refractivity contribution in [3.8, 4) is 0 Å². The van der Waals surface area contributed by atoms with E-state index in [1.807, 2.05) is 0 Å². The molecule has 0 spiro atoms. The van der Waals surface area contributed by atoms with Crippen LogP contribution in [-0.4, -0.2) is 25.7 Å². The van der Waals surface area contributed by atoms with Crippen LogP contribution in [0.2, 0.25) is 5.02 Å². The van der Waals surface area contributed by atoms with Crippen molar-refractivity contribution in [3.63, 3.8) is 0 Å². The Bertz CT molecular complexity index is 521. The summed E-state index contributed by atoms with van der Waals surface area (Å²) >= 11 is 5.77. The molecule has 1 aliphatic carbocycles. The molecule has 3 nitrogen and oxygen atoms in total. The van der Waals surface area contributed by atoms with Gasteiger partial charge in [-0.05, 0) is 17.7 Å². The largest absolute Gasteiger partial charge is 0.303 e. The SMILES string of the molecule is CCS(=O)(=O)C1C(C=O)C1c1ccc(Cl)cc1. The summed E-state index contributed by atoms with van der Waals surface area (Å²) in [5, 5.41) is 0.0538. The maximum Gasteiger partial charge on any atom is 0.154 e. The highest BCUT2D eigenvalue weighted by Gasteiger charge is 2.57. The molecule has 0 amide bonds. The minimum Gasteiger partial charge on any atom is -0.303 e. The molecule has 1 aliphatic rings. The fourth-order valence-electron chi connectivity index (χ4n) is 2.22. The Labute approximate surface area is 106 Å². The summed E-state index contributed by atoms with van der Waals surface area (Å²) < 4.78 is 23.6. The summed E-state index contributed by atoms with van der Waals surface area (Å²) in [6.07, 6.45) is 0.747. The number of benzene rings is 1. The Hall–Kier alpha value is -0.870. The molecule has 1 aromatic rings. The van der Waals surface area contributed by atoms with Crippen molar-refractivity contribution in [1.82, 2.24) is 0 Å². The molecule has 5 heteroatoms. The van der Waals surface area contributed by atoms with Gasteiger partial charge >= 0.3 is 0 Å². The number of carbonyl (C=O) groups excluding carboxylic acids is 1. The van der Waals surface area contributed by atoms with Gasteiger partial charge in [0, 0.05) is 22.6 Å². The van der Waals surface area contributed by atoms with E-state index in [2.05, 4.69) is 0 Å². The molecule has 92 valence electrons. The van der Waals surface area contributed by atoms with Crippen LogP contribution in [0.3, 0.4) is 0 Å². The van der Waals surface area contributed by atoms with E-state index in [0.717, 1.165) is 11.8 Å². The van der Waals surface area contributed by atoms with Crippen LogP contribution in [0.4, 0.5) is 0 Å². The van der Waals surface area contributed by atoms with Gasteiger partial charge in [0.15, 0.2) is 9.84 Å². The van der Waals surface area contributed by atoms with Gasteiger partial charge in [-0.2, -0.15) is 0 Å². The van der Waals surface area contributed by atoms with Crippen molar-refractivity contribution >= 4 is 27.7 Å². The molecule has 0 radical (unpaired) electrons. The minimum absolute atomic E-state index is 0.0755. The molecule has 1 fully saturated rings. The average molecular weight is 273 g/mol. The van der Waals surface area contributed by atoms with Crippen molar-refractivity contribution in [2.45, 2.75) is 18.1 Å². The van der Waals surface area contributed by atoms with E-state index in [-0.39, 0.29) is 11.7 Å². The third-order valence-corrected chi connectivity index (χ3v) is 5.73. The van der Waals surface area contributed by atoms with Crippen LogP contribution in [-0.2, 0) is 14.6 Å². The molecule has 0 bridgehead atoms. The first-order valence-electron chi connectivity index (χ1n) is 5.43. The fraction of sp³-hybridized carbons (Fsp3) is 0.417. The molecule has 0 N–H and O–H groups in total. The van der Waals surface area contributed by atoms with Crippen LogP contribution >= 0.6 is 11.6 Å². The van der Waals surface area contributed by atoms with Gasteiger partial charge in [0.1, 0.15) is 6.29 Å². The number of sulfone groups is 1. The smallest absolute Gasteiger partial charge is 0.154 e. The Morgan fingerprint density at radius 1 is 1.29 bits per heavy atom. The summed E-state index contributed by atoms with van der Waals surface area (Å²) in [7, 11) is -3.16. The summed E-state index contributed by atoms with van der Waals surface area (Å²) in [6, 6.07) is 7.00. The normalized spacial score (nSPS) is 27.8. The lowest BCUT2D eigenvalue weighted by Crippen LogP contribution is -2.12. The molecule has 2 rings (SSSR count). The van der Waals surface area contributed by atoms with Gasteiger partial charge in [0.25, 0.3) is 0 Å². The number of halogens is 1. The van der Waals surface area contributed by atoms with Crippen molar-refractivity contribution < 1.29 is 13.2 Å². The lowest BCUT2D eigenvalue weighted by Gasteiger charge is -2.00. The van der Waals surface area contributed by atoms with E-state index in [1.165, 1.54) is 0 Å². The zero-order chi connectivity index (χ0) is 12.6. The highest BCUT2D eigenvalue weighted by Crippen LogP contribution is 2.51. The maximum absolute atomic E-state index is 11.8. The van der Waals surface area contributed by atoms with E-state index < -0.39 is 21.0 Å². The number of hydrogen-bond donors (Lipinski definition) is 0. The van der Waals surface area contributed by atoms with Gasteiger partial charge in [-0.3, -0.25) is 0 Å². The Balaban J connectivity index is 2.29. The molecule has 3 atom stereocenters. The number of aldehydes is 1. The predicted molar refractivity (Wildman–Crippen MR) is 67.0 cm³/mol. The number of carbonyl (C=O) groups is 1. The van der Waals surface area contributed by atoms with Gasteiger partial charge in [0.05, 0.1) is 5.25 Å². The van der Waals surface area contributed by atoms with Crippen LogP contribution in [0.1, 0.15) is 18.4 Å². The van der Waals surface area contributed by atoms with Crippen molar-refractivity contribution in [2.75, 3.05) is 5.75 Å². The van der Waals surface area contributed by atoms with Crippen LogP contribution in [0, 0.1) is 5.92 Å². The molecular formula is C12H13ClO3S. The third-order valence-electron chi connectivity index (χ3n) is 3.24. The Kier molecular flexibility index (Phi) is 3.27. The molecule has 0 saturated heterocycles. The molecule has 1 aromatic carbocycles. The van der Waals surface area contributed by atoms with Crippen LogP contribution in [0.25, 0.3) is 0 Å². The Morgan fingerprint density at radius 2 is 1.88 bits per heavy atom. The quantitative estimate of drug-likeness (QED) is 0.789. The van der Waals surface area contributed by atoms with E-state index >= 15 is 0 Å². The summed E-state index contributed by atoms with van der Waals surface area (Å²) in [6.45, 7) is 1.61. The molecule has 1 saturated carbocycles. The highest BCUT2D eigenvalue weighted by atomic mass is 35.5. The van der Waals surface area contributed by atoms with Gasteiger partial charge in [-0.25, -0.2) is 8.42 Å². The maximum atomic E-state index is 11.8. The molecule has 3 unspecified atom stereocenters. The second-order valence-corrected chi connectivity index (χ2v) is 7.09. The second kappa shape index (κ2) is 4.42. The summed E-state index contributed by atoms with van der Waals surface area (Å²) in [4.78, 5) is 10.9. The lowest BCUT2D eigenvalue weighted by molar-refractivity contribution is -0.108. The monoisotopic (exact) mass is 272 g/mol. The van der Waals surface area contributed by atoms with Gasteiger partial charge in [-0.1, -0.05) is 30.7 Å². The van der Waals surface area contributed by atoms with Gasteiger partial charge in [0.2, 0.25) is 0 Å². The minimum atomic E-state index is -3.16. The van der Waals surface area contributed by atoms with Crippen LogP contribution in [0.15, 0.2) is 24.3 Å². The van der Waals surface area contributed by atoms with Crippen molar-refractivity contribution in [1.29, 1.82) is 0 Å². The van der Waals surface area contributed by atoms with Crippen LogP contribution in [0.5, 0.6) is 0 Å². The fourth-order valence-corrected chi connectivity index (χ4v) is 4.14. The van der Waals surface area contributed by atoms with Gasteiger partial charge in [-0.15, -0.1) is 0 Å². The molecule has 17 heavy (non-hydrogen) atoms. The first-order valence-corrected chi connectivity index (χ1v) is 7.53. The standard InChI is InChI=1S/C12H13ClO3S/c1-2-17(15,16)12-10(7-14)11(12)8-3-5-9(13)6-4-8/h3-7,10-12H,2H2,1H3. The first kappa shape index (κ1) is 12.6. The molecule has 0 aromatic heterocycles. The zero-order valence-electron chi connectivity index (χ0n) is 9.34. The van der Waals surface area contributed by atoms with Crippen molar-refractivity contribution in [2.24, 2.45) is 5.92 Å². The number of rotatable bonds is 4. The lowest BCUT2D eigenvalue weighted by atomic mass is 10.1. The Morgan fingerprint density at radius 3 is 2.35 bits per heavy atom. The third kappa shape index (κ3) is 2.24. The zero-order valence-corrected chi connectivity index (χ0v) is 10.9. The van der Waals surface area contributed by atoms with E-state index in [4.69, 9.17) is 11.6 Å². The molecular weight excluding hydrogens is 260 g/mol. The summed E-state index contributed by atoms with van der Waals surface area (Å²) in [5.74, 6) is -0.526. The molecule has 0 heterocycles. The predicted octanol–water partition coefficient (Wildman–Crippen LogP) is 2.06. The summed E-state index contributed by atoms with van der Waals surface area (Å²) in [5.41, 5.74) is 0.869. The van der Waals surface area contributed by atoms with Gasteiger partial charge < -0.3 is 4.79 Å². The van der Waals surface area contributed by atoms with Crippen molar-refractivity contribution in [3.05, 3.63) is 34.9 Å². The second-order valence-electron chi connectivity index (χ2n) is 4.21. The van der Waals surface area contributed by atoms with E-state index in [1.54, 1.807) is 31.2 Å². The number of hydrogen-bond acceptors (Lipinski definition) is 3. The van der Waals surface area contributed by atoms with E-state index in [9.17, 15) is 13.2 Å². The molecule has 0 aliphatic heterocycles. The van der Waals surface area contributed by atoms with E-state index in [0.29, 0.717) is 5.02 Å². The average Bonchev–Trinajstić information content (AvgIpc) is 3.05. The topological polar surface area (TPSA) is 51.2 Å². The highest BCUT2D eigenvalue weighted by molar-refractivity contribution is 7.92. The van der Waals surface area contributed by atoms with Crippen LogP contribution < -0.4 is 0 Å². The first-order chi connectivity index (χ1) is 8.01.